The number of nitrogens with one attached hydrogen (secondary N) is 1. The number of hydrogen-bond acceptors (Lipinski definition) is 4. The number of benzene rings is 1. The smallest absolute Gasteiger partial charge is 0.270 e. The number of amides is 1. The topological polar surface area (TPSA) is 71.6 Å². The van der Waals surface area contributed by atoms with Crippen LogP contribution >= 0.6 is 0 Å². The van der Waals surface area contributed by atoms with E-state index < -0.39 is 0 Å². The van der Waals surface area contributed by atoms with Gasteiger partial charge in [0.05, 0.1) is 20.3 Å². The van der Waals surface area contributed by atoms with Crippen LogP contribution in [-0.2, 0) is 4.74 Å². The molecule has 0 saturated carbocycles. The lowest BCUT2D eigenvalue weighted by molar-refractivity contribution is -0.0230. The first-order valence-electron chi connectivity index (χ1n) is 7.41. The second kappa shape index (κ2) is 6.66. The SMILES string of the molecule is COc1c[nH]c(C(=O)N2CCOC(c3ccccc3)C2)cc1=O. The van der Waals surface area contributed by atoms with Gasteiger partial charge in [-0.2, -0.15) is 0 Å². The number of rotatable bonds is 3. The van der Waals surface area contributed by atoms with Crippen molar-refractivity contribution in [1.29, 1.82) is 0 Å². The van der Waals surface area contributed by atoms with Crippen molar-refractivity contribution in [2.75, 3.05) is 26.8 Å². The Labute approximate surface area is 133 Å². The van der Waals surface area contributed by atoms with Crippen LogP contribution in [0.15, 0.2) is 47.4 Å². The van der Waals surface area contributed by atoms with Crippen LogP contribution in [0.5, 0.6) is 5.75 Å². The quantitative estimate of drug-likeness (QED) is 0.934. The van der Waals surface area contributed by atoms with Crippen molar-refractivity contribution in [3.8, 4) is 5.75 Å². The Balaban J connectivity index is 1.77. The molecule has 2 heterocycles. The monoisotopic (exact) mass is 314 g/mol. The molecule has 0 spiro atoms. The maximum Gasteiger partial charge on any atom is 0.270 e. The van der Waals surface area contributed by atoms with E-state index >= 15 is 0 Å². The Kier molecular flexibility index (Phi) is 4.43. The highest BCUT2D eigenvalue weighted by Crippen LogP contribution is 2.22. The minimum absolute atomic E-state index is 0.154. The van der Waals surface area contributed by atoms with Crippen molar-refractivity contribution >= 4 is 5.91 Å². The van der Waals surface area contributed by atoms with Crippen molar-refractivity contribution in [3.05, 3.63) is 64.1 Å². The predicted octanol–water partition coefficient (Wildman–Crippen LogP) is 1.60. The zero-order chi connectivity index (χ0) is 16.2. The summed E-state index contributed by atoms with van der Waals surface area (Å²) in [6.45, 7) is 1.42. The maximum atomic E-state index is 12.6. The Bertz CT molecular complexity index is 742. The van der Waals surface area contributed by atoms with E-state index in [1.807, 2.05) is 30.3 Å². The molecule has 6 nitrogen and oxygen atoms in total. The summed E-state index contributed by atoms with van der Waals surface area (Å²) in [7, 11) is 1.42. The van der Waals surface area contributed by atoms with Gasteiger partial charge in [0.25, 0.3) is 5.91 Å². The fraction of sp³-hybridized carbons (Fsp3) is 0.294. The van der Waals surface area contributed by atoms with Crippen LogP contribution in [-0.4, -0.2) is 42.6 Å². The number of methoxy groups -OCH3 is 1. The van der Waals surface area contributed by atoms with E-state index in [1.165, 1.54) is 19.4 Å². The molecule has 0 aliphatic carbocycles. The third-order valence-electron chi connectivity index (χ3n) is 3.85. The Morgan fingerprint density at radius 2 is 2.13 bits per heavy atom. The number of pyridine rings is 1. The summed E-state index contributed by atoms with van der Waals surface area (Å²) in [6, 6.07) is 11.1. The maximum absolute atomic E-state index is 12.6. The third kappa shape index (κ3) is 3.27. The van der Waals surface area contributed by atoms with E-state index in [9.17, 15) is 9.59 Å². The second-order valence-corrected chi connectivity index (χ2v) is 5.30. The van der Waals surface area contributed by atoms with E-state index in [0.29, 0.717) is 19.7 Å². The molecule has 1 saturated heterocycles. The van der Waals surface area contributed by atoms with Crippen molar-refractivity contribution in [3.63, 3.8) is 0 Å². The summed E-state index contributed by atoms with van der Waals surface area (Å²) in [5.74, 6) is -0.0281. The van der Waals surface area contributed by atoms with E-state index in [0.717, 1.165) is 5.56 Å². The number of nitrogens with zero attached hydrogens (tertiary/aromatic N) is 1. The highest BCUT2D eigenvalue weighted by atomic mass is 16.5. The molecule has 1 aromatic heterocycles. The van der Waals surface area contributed by atoms with Gasteiger partial charge in [-0.05, 0) is 5.56 Å². The summed E-state index contributed by atoms with van der Waals surface area (Å²) in [5, 5.41) is 0. The number of hydrogen-bond donors (Lipinski definition) is 1. The van der Waals surface area contributed by atoms with Gasteiger partial charge in [-0.15, -0.1) is 0 Å². The molecule has 1 unspecified atom stereocenters. The average Bonchev–Trinajstić information content (AvgIpc) is 2.62. The van der Waals surface area contributed by atoms with E-state index in [1.54, 1.807) is 4.90 Å². The molecule has 120 valence electrons. The number of ether oxygens (including phenoxy) is 2. The predicted molar refractivity (Wildman–Crippen MR) is 84.7 cm³/mol. The van der Waals surface area contributed by atoms with Crippen LogP contribution < -0.4 is 10.2 Å². The highest BCUT2D eigenvalue weighted by Gasteiger charge is 2.26. The lowest BCUT2D eigenvalue weighted by atomic mass is 10.1. The molecule has 1 amide bonds. The van der Waals surface area contributed by atoms with Gasteiger partial charge >= 0.3 is 0 Å². The molecule has 1 aliphatic heterocycles. The molecule has 1 aromatic carbocycles. The van der Waals surface area contributed by atoms with Gasteiger partial charge in [-0.1, -0.05) is 30.3 Å². The van der Waals surface area contributed by atoms with Crippen LogP contribution in [0.3, 0.4) is 0 Å². The number of aromatic amines is 1. The minimum Gasteiger partial charge on any atom is -0.491 e. The van der Waals surface area contributed by atoms with Crippen molar-refractivity contribution in [2.45, 2.75) is 6.10 Å². The molecule has 23 heavy (non-hydrogen) atoms. The molecule has 6 heteroatoms. The summed E-state index contributed by atoms with van der Waals surface area (Å²) in [6.07, 6.45) is 1.25. The van der Waals surface area contributed by atoms with Gasteiger partial charge in [0.1, 0.15) is 11.8 Å². The molecule has 1 atom stereocenters. The van der Waals surface area contributed by atoms with Gasteiger partial charge in [-0.3, -0.25) is 9.59 Å². The Morgan fingerprint density at radius 1 is 1.35 bits per heavy atom. The van der Waals surface area contributed by atoms with Gasteiger partial charge < -0.3 is 19.4 Å². The molecule has 1 aliphatic rings. The van der Waals surface area contributed by atoms with Gasteiger partial charge in [0.2, 0.25) is 5.43 Å². The van der Waals surface area contributed by atoms with Crippen LogP contribution in [0.2, 0.25) is 0 Å². The van der Waals surface area contributed by atoms with E-state index in [4.69, 9.17) is 9.47 Å². The molecule has 0 bridgehead atoms. The van der Waals surface area contributed by atoms with E-state index in [-0.39, 0.29) is 28.9 Å². The molecular formula is C17H18N2O4. The van der Waals surface area contributed by atoms with Crippen LogP contribution in [0.1, 0.15) is 22.2 Å². The van der Waals surface area contributed by atoms with Crippen molar-refractivity contribution in [2.24, 2.45) is 0 Å². The lowest BCUT2D eigenvalue weighted by Crippen LogP contribution is -2.42. The number of H-pyrrole nitrogens is 1. The van der Waals surface area contributed by atoms with Gasteiger partial charge in [0.15, 0.2) is 5.75 Å². The van der Waals surface area contributed by atoms with Crippen LogP contribution in [0.4, 0.5) is 0 Å². The summed E-state index contributed by atoms with van der Waals surface area (Å²) in [4.78, 5) is 28.9. The minimum atomic E-state index is -0.317. The molecule has 0 radical (unpaired) electrons. The summed E-state index contributed by atoms with van der Waals surface area (Å²) < 4.78 is 10.7. The molecular weight excluding hydrogens is 296 g/mol. The van der Waals surface area contributed by atoms with Crippen molar-refractivity contribution in [1.82, 2.24) is 9.88 Å². The first-order chi connectivity index (χ1) is 11.2. The van der Waals surface area contributed by atoms with Crippen molar-refractivity contribution < 1.29 is 14.3 Å². The summed E-state index contributed by atoms with van der Waals surface area (Å²) in [5.41, 5.74) is 0.972. The van der Waals surface area contributed by atoms with Crippen LogP contribution in [0, 0.1) is 0 Å². The molecule has 2 aromatic rings. The average molecular weight is 314 g/mol. The molecule has 1 N–H and O–H groups in total. The number of carbonyl (C=O) groups excluding carboxylic acids is 1. The second-order valence-electron chi connectivity index (χ2n) is 5.30. The lowest BCUT2D eigenvalue weighted by Gasteiger charge is -2.33. The third-order valence-corrected chi connectivity index (χ3v) is 3.85. The number of aromatic nitrogens is 1. The zero-order valence-corrected chi connectivity index (χ0v) is 12.8. The van der Waals surface area contributed by atoms with E-state index in [2.05, 4.69) is 4.98 Å². The first-order valence-corrected chi connectivity index (χ1v) is 7.41. The Morgan fingerprint density at radius 3 is 2.83 bits per heavy atom. The fourth-order valence-corrected chi connectivity index (χ4v) is 2.61. The van der Waals surface area contributed by atoms with Gasteiger partial charge in [-0.25, -0.2) is 0 Å². The molecule has 1 fully saturated rings. The first kappa shape index (κ1) is 15.3. The zero-order valence-electron chi connectivity index (χ0n) is 12.8. The number of carbonyl (C=O) groups is 1. The Hall–Kier alpha value is -2.60. The summed E-state index contributed by atoms with van der Waals surface area (Å²) >= 11 is 0. The normalized spacial score (nSPS) is 17.8. The highest BCUT2D eigenvalue weighted by molar-refractivity contribution is 5.92. The number of morpholine rings is 1. The molecule has 3 rings (SSSR count). The fourth-order valence-electron chi connectivity index (χ4n) is 2.61. The van der Waals surface area contributed by atoms with Gasteiger partial charge in [0, 0.05) is 18.8 Å². The standard InChI is InChI=1S/C17H18N2O4/c1-22-15-10-18-13(9-14(15)20)17(21)19-7-8-23-16(11-19)12-5-3-2-4-6-12/h2-6,9-10,16H,7-8,11H2,1H3,(H,18,20). The van der Waals surface area contributed by atoms with Crippen LogP contribution in [0.25, 0.3) is 0 Å². The largest absolute Gasteiger partial charge is 0.491 e.